The second kappa shape index (κ2) is 6.66. The molecule has 0 spiro atoms. The van der Waals surface area contributed by atoms with Gasteiger partial charge in [-0.2, -0.15) is 0 Å². The van der Waals surface area contributed by atoms with E-state index in [2.05, 4.69) is 34.1 Å². The first-order chi connectivity index (χ1) is 11.6. The molecule has 0 aliphatic rings. The molecule has 0 aromatic carbocycles. The van der Waals surface area contributed by atoms with Crippen LogP contribution in [0.2, 0.25) is 0 Å². The van der Waals surface area contributed by atoms with Crippen molar-refractivity contribution in [2.75, 3.05) is 12.4 Å². The second-order valence-electron chi connectivity index (χ2n) is 5.87. The van der Waals surface area contributed by atoms with E-state index in [1.807, 2.05) is 4.57 Å². The number of carbonyl (C=O) groups is 1. The summed E-state index contributed by atoms with van der Waals surface area (Å²) in [6, 6.07) is 5.19. The molecule has 0 saturated heterocycles. The van der Waals surface area contributed by atoms with Crippen molar-refractivity contribution in [2.45, 2.75) is 20.4 Å². The number of pyridine rings is 2. The third-order valence-electron chi connectivity index (χ3n) is 3.49. The van der Waals surface area contributed by atoms with Gasteiger partial charge >= 0.3 is 0 Å². The van der Waals surface area contributed by atoms with Crippen LogP contribution in [0.1, 0.15) is 24.2 Å². The van der Waals surface area contributed by atoms with Crippen molar-refractivity contribution < 1.29 is 9.53 Å². The lowest BCUT2D eigenvalue weighted by molar-refractivity contribution is 0.102. The summed E-state index contributed by atoms with van der Waals surface area (Å²) < 4.78 is 7.13. The van der Waals surface area contributed by atoms with Gasteiger partial charge in [-0.25, -0.2) is 15.0 Å². The van der Waals surface area contributed by atoms with Crippen molar-refractivity contribution in [3.63, 3.8) is 0 Å². The van der Waals surface area contributed by atoms with E-state index in [9.17, 15) is 4.79 Å². The average molecular weight is 325 g/mol. The molecule has 1 N–H and O–H groups in total. The Labute approximate surface area is 139 Å². The zero-order valence-corrected chi connectivity index (χ0v) is 13.9. The molecule has 0 aliphatic carbocycles. The summed E-state index contributed by atoms with van der Waals surface area (Å²) >= 11 is 0. The number of nitrogens with one attached hydrogen (secondary N) is 1. The van der Waals surface area contributed by atoms with E-state index in [0.717, 1.165) is 12.2 Å². The summed E-state index contributed by atoms with van der Waals surface area (Å²) in [7, 11) is 1.51. The molecule has 3 aromatic heterocycles. The molecule has 0 radical (unpaired) electrons. The molecule has 7 nitrogen and oxygen atoms in total. The zero-order chi connectivity index (χ0) is 17.1. The van der Waals surface area contributed by atoms with E-state index in [0.29, 0.717) is 28.6 Å². The van der Waals surface area contributed by atoms with E-state index in [1.165, 1.54) is 7.11 Å². The lowest BCUT2D eigenvalue weighted by Gasteiger charge is -2.09. The molecule has 7 heteroatoms. The molecule has 0 saturated carbocycles. The number of amides is 1. The van der Waals surface area contributed by atoms with Gasteiger partial charge < -0.3 is 14.6 Å². The SMILES string of the molecule is COc1ncccc1NC(=O)c1cnc2c(c1)ncn2CC(C)C. The van der Waals surface area contributed by atoms with Crippen LogP contribution >= 0.6 is 0 Å². The van der Waals surface area contributed by atoms with E-state index >= 15 is 0 Å². The average Bonchev–Trinajstić information content (AvgIpc) is 2.97. The quantitative estimate of drug-likeness (QED) is 0.780. The minimum atomic E-state index is -0.283. The van der Waals surface area contributed by atoms with Crippen molar-refractivity contribution in [3.8, 4) is 5.88 Å². The fraction of sp³-hybridized carbons (Fsp3) is 0.294. The summed E-state index contributed by atoms with van der Waals surface area (Å²) in [4.78, 5) is 25.2. The largest absolute Gasteiger partial charge is 0.480 e. The molecular formula is C17H19N5O2. The number of hydrogen-bond donors (Lipinski definition) is 1. The Morgan fingerprint density at radius 3 is 2.92 bits per heavy atom. The van der Waals surface area contributed by atoms with Crippen LogP contribution in [0.15, 0.2) is 36.9 Å². The number of nitrogens with zero attached hydrogens (tertiary/aromatic N) is 4. The zero-order valence-electron chi connectivity index (χ0n) is 13.9. The number of ether oxygens (including phenoxy) is 1. The summed E-state index contributed by atoms with van der Waals surface area (Å²) in [5.74, 6) is 0.570. The smallest absolute Gasteiger partial charge is 0.257 e. The first kappa shape index (κ1) is 15.9. The van der Waals surface area contributed by atoms with Gasteiger partial charge in [-0.3, -0.25) is 4.79 Å². The lowest BCUT2D eigenvalue weighted by Crippen LogP contribution is -2.13. The molecule has 0 fully saturated rings. The summed E-state index contributed by atoms with van der Waals surface area (Å²) in [5.41, 5.74) is 2.42. The highest BCUT2D eigenvalue weighted by Crippen LogP contribution is 2.21. The van der Waals surface area contributed by atoms with Crippen LogP contribution in [0.4, 0.5) is 5.69 Å². The third-order valence-corrected chi connectivity index (χ3v) is 3.49. The fourth-order valence-electron chi connectivity index (χ4n) is 2.44. The molecule has 0 aliphatic heterocycles. The van der Waals surface area contributed by atoms with Crippen molar-refractivity contribution in [1.29, 1.82) is 0 Å². The van der Waals surface area contributed by atoms with Gasteiger partial charge in [-0.1, -0.05) is 13.8 Å². The molecule has 0 bridgehead atoms. The Morgan fingerprint density at radius 2 is 2.17 bits per heavy atom. The van der Waals surface area contributed by atoms with Gasteiger partial charge in [0.05, 0.1) is 19.0 Å². The number of carbonyl (C=O) groups excluding carboxylic acids is 1. The van der Waals surface area contributed by atoms with Crippen molar-refractivity contribution in [1.82, 2.24) is 19.5 Å². The molecule has 0 unspecified atom stereocenters. The molecule has 3 aromatic rings. The number of anilines is 1. The van der Waals surface area contributed by atoms with E-state index in [1.54, 1.807) is 36.9 Å². The van der Waals surface area contributed by atoms with Gasteiger partial charge in [0.25, 0.3) is 5.91 Å². The van der Waals surface area contributed by atoms with Gasteiger partial charge in [0, 0.05) is 18.9 Å². The molecular weight excluding hydrogens is 306 g/mol. The first-order valence-electron chi connectivity index (χ1n) is 7.69. The maximum atomic E-state index is 12.4. The number of aromatic nitrogens is 4. The normalized spacial score (nSPS) is 11.0. The summed E-state index contributed by atoms with van der Waals surface area (Å²) in [5, 5.41) is 2.78. The Morgan fingerprint density at radius 1 is 1.33 bits per heavy atom. The van der Waals surface area contributed by atoms with Gasteiger partial charge in [0.2, 0.25) is 5.88 Å². The highest BCUT2D eigenvalue weighted by atomic mass is 16.5. The van der Waals surface area contributed by atoms with Crippen molar-refractivity contribution in [2.24, 2.45) is 5.92 Å². The molecule has 3 heterocycles. The van der Waals surface area contributed by atoms with Crippen LogP contribution in [-0.4, -0.2) is 32.5 Å². The molecule has 3 rings (SSSR count). The topological polar surface area (TPSA) is 81.9 Å². The minimum Gasteiger partial charge on any atom is -0.480 e. The summed E-state index contributed by atoms with van der Waals surface area (Å²) in [6.07, 6.45) is 4.91. The van der Waals surface area contributed by atoms with E-state index in [-0.39, 0.29) is 5.91 Å². The van der Waals surface area contributed by atoms with Crippen LogP contribution in [0.25, 0.3) is 11.2 Å². The minimum absolute atomic E-state index is 0.283. The van der Waals surface area contributed by atoms with Gasteiger partial charge in [0.1, 0.15) is 11.2 Å². The number of imidazole rings is 1. The predicted molar refractivity (Wildman–Crippen MR) is 91.1 cm³/mol. The standard InChI is InChI=1S/C17H19N5O2/c1-11(2)9-22-10-20-14-7-12(8-19-15(14)22)16(23)21-13-5-4-6-18-17(13)24-3/h4-8,10-11H,9H2,1-3H3,(H,21,23). The van der Waals surface area contributed by atoms with Crippen molar-refractivity contribution >= 4 is 22.8 Å². The molecule has 124 valence electrons. The van der Waals surface area contributed by atoms with Crippen molar-refractivity contribution in [3.05, 3.63) is 42.5 Å². The van der Waals surface area contributed by atoms with Crippen LogP contribution in [0, 0.1) is 5.92 Å². The Bertz CT molecular complexity index is 872. The fourth-order valence-corrected chi connectivity index (χ4v) is 2.44. The number of fused-ring (bicyclic) bond motifs is 1. The molecule has 24 heavy (non-hydrogen) atoms. The van der Waals surface area contributed by atoms with E-state index in [4.69, 9.17) is 4.74 Å². The highest BCUT2D eigenvalue weighted by Gasteiger charge is 2.13. The third kappa shape index (κ3) is 3.19. The van der Waals surface area contributed by atoms with Gasteiger partial charge in [0.15, 0.2) is 5.65 Å². The Kier molecular flexibility index (Phi) is 4.41. The second-order valence-corrected chi connectivity index (χ2v) is 5.87. The van der Waals surface area contributed by atoms with Crippen LogP contribution in [0.3, 0.4) is 0 Å². The van der Waals surface area contributed by atoms with Crippen LogP contribution < -0.4 is 10.1 Å². The van der Waals surface area contributed by atoms with Crippen LogP contribution in [-0.2, 0) is 6.54 Å². The monoisotopic (exact) mass is 325 g/mol. The molecule has 0 atom stereocenters. The highest BCUT2D eigenvalue weighted by molar-refractivity contribution is 6.05. The Balaban J connectivity index is 1.85. The lowest BCUT2D eigenvalue weighted by atomic mass is 10.2. The molecule has 1 amide bonds. The van der Waals surface area contributed by atoms with Gasteiger partial charge in [-0.05, 0) is 24.1 Å². The van der Waals surface area contributed by atoms with E-state index < -0.39 is 0 Å². The van der Waals surface area contributed by atoms with Gasteiger partial charge in [-0.15, -0.1) is 0 Å². The number of methoxy groups -OCH3 is 1. The number of rotatable bonds is 5. The predicted octanol–water partition coefficient (Wildman–Crippen LogP) is 2.74. The first-order valence-corrected chi connectivity index (χ1v) is 7.69. The maximum Gasteiger partial charge on any atom is 0.257 e. The summed E-state index contributed by atoms with van der Waals surface area (Å²) in [6.45, 7) is 5.10. The number of hydrogen-bond acceptors (Lipinski definition) is 5. The van der Waals surface area contributed by atoms with Crippen LogP contribution in [0.5, 0.6) is 5.88 Å². The Hall–Kier alpha value is -2.96. The maximum absolute atomic E-state index is 12.4.